The summed E-state index contributed by atoms with van der Waals surface area (Å²) < 4.78 is 10.7. The summed E-state index contributed by atoms with van der Waals surface area (Å²) in [4.78, 5) is 15.8. The number of aromatic nitrogens is 4. The lowest BCUT2D eigenvalue weighted by Gasteiger charge is -2.09. The third-order valence-electron chi connectivity index (χ3n) is 2.88. The number of methoxy groups -OCH3 is 1. The monoisotopic (exact) mass is 280 g/mol. The summed E-state index contributed by atoms with van der Waals surface area (Å²) in [5.74, 6) is 4.26. The molecule has 2 aromatic heterocycles. The molecule has 3 rings (SSSR count). The smallest absolute Gasteiger partial charge is 0.197 e. The predicted octanol–water partition coefficient (Wildman–Crippen LogP) is 2.04. The maximum Gasteiger partial charge on any atom is 0.197 e. The zero-order chi connectivity index (χ0) is 14.7. The van der Waals surface area contributed by atoms with Crippen LogP contribution >= 0.6 is 0 Å². The van der Waals surface area contributed by atoms with Crippen molar-refractivity contribution >= 4 is 11.3 Å². The Hall–Kier alpha value is -3.07. The van der Waals surface area contributed by atoms with Crippen LogP contribution in [0, 0.1) is 12.3 Å². The molecule has 0 unspecified atom stereocenters. The highest BCUT2D eigenvalue weighted by atomic mass is 16.5. The fourth-order valence-electron chi connectivity index (χ4n) is 1.94. The van der Waals surface area contributed by atoms with Gasteiger partial charge in [0.2, 0.25) is 0 Å². The van der Waals surface area contributed by atoms with Crippen molar-refractivity contribution in [1.82, 2.24) is 19.9 Å². The average molecular weight is 280 g/mol. The van der Waals surface area contributed by atoms with Crippen molar-refractivity contribution in [2.24, 2.45) is 0 Å². The van der Waals surface area contributed by atoms with Crippen molar-refractivity contribution in [1.29, 1.82) is 0 Å². The second-order valence-corrected chi connectivity index (χ2v) is 4.17. The zero-order valence-electron chi connectivity index (χ0n) is 11.3. The molecule has 6 nitrogen and oxygen atoms in total. The second-order valence-electron chi connectivity index (χ2n) is 4.17. The highest BCUT2D eigenvalue weighted by Gasteiger charge is 2.11. The number of rotatable bonds is 4. The highest BCUT2D eigenvalue weighted by molar-refractivity contribution is 5.73. The van der Waals surface area contributed by atoms with Crippen LogP contribution in [0.1, 0.15) is 0 Å². The molecule has 0 saturated carbocycles. The molecule has 1 aromatic carbocycles. The first-order valence-corrected chi connectivity index (χ1v) is 6.23. The Morgan fingerprint density at radius 1 is 1.24 bits per heavy atom. The summed E-state index contributed by atoms with van der Waals surface area (Å²) in [6.45, 7) is 0.189. The van der Waals surface area contributed by atoms with E-state index in [4.69, 9.17) is 15.9 Å². The normalized spacial score (nSPS) is 10.3. The number of fused-ring (bicyclic) bond motifs is 1. The van der Waals surface area contributed by atoms with Crippen molar-refractivity contribution in [3.05, 3.63) is 30.6 Å². The number of nitrogens with zero attached hydrogens (tertiary/aromatic N) is 3. The third-order valence-corrected chi connectivity index (χ3v) is 2.88. The maximum absolute atomic E-state index is 5.41. The summed E-state index contributed by atoms with van der Waals surface area (Å²) >= 11 is 0. The highest BCUT2D eigenvalue weighted by Crippen LogP contribution is 2.31. The first-order valence-electron chi connectivity index (χ1n) is 6.23. The van der Waals surface area contributed by atoms with Crippen LogP contribution in [-0.2, 0) is 0 Å². The first-order chi connectivity index (χ1) is 10.3. The van der Waals surface area contributed by atoms with E-state index in [1.165, 1.54) is 0 Å². The topological polar surface area (TPSA) is 72.9 Å². The van der Waals surface area contributed by atoms with E-state index in [0.29, 0.717) is 28.6 Å². The SMILES string of the molecule is C#CCOc1ccc(-c2nc3nccnc3[nH]2)cc1OC. The summed E-state index contributed by atoms with van der Waals surface area (Å²) in [6.07, 6.45) is 8.40. The van der Waals surface area contributed by atoms with Crippen molar-refractivity contribution < 1.29 is 9.47 Å². The Morgan fingerprint density at radius 3 is 2.86 bits per heavy atom. The van der Waals surface area contributed by atoms with Gasteiger partial charge in [0.1, 0.15) is 12.4 Å². The molecule has 3 aromatic rings. The summed E-state index contributed by atoms with van der Waals surface area (Å²) in [5, 5.41) is 0. The van der Waals surface area contributed by atoms with Crippen LogP contribution in [0.15, 0.2) is 30.6 Å². The van der Waals surface area contributed by atoms with Crippen LogP contribution in [-0.4, -0.2) is 33.7 Å². The number of ether oxygens (including phenoxy) is 2. The molecule has 6 heteroatoms. The minimum Gasteiger partial charge on any atom is -0.493 e. The molecule has 0 fully saturated rings. The van der Waals surface area contributed by atoms with Crippen molar-refractivity contribution in [2.75, 3.05) is 13.7 Å². The van der Waals surface area contributed by atoms with Gasteiger partial charge in [-0.15, -0.1) is 6.42 Å². The molecule has 0 aliphatic rings. The van der Waals surface area contributed by atoms with Crippen molar-refractivity contribution in [3.63, 3.8) is 0 Å². The second kappa shape index (κ2) is 5.51. The van der Waals surface area contributed by atoms with Gasteiger partial charge < -0.3 is 14.5 Å². The molecule has 0 amide bonds. The van der Waals surface area contributed by atoms with Gasteiger partial charge in [0.25, 0.3) is 0 Å². The van der Waals surface area contributed by atoms with E-state index >= 15 is 0 Å². The molecule has 0 atom stereocenters. The van der Waals surface area contributed by atoms with E-state index in [1.54, 1.807) is 25.6 Å². The Kier molecular flexibility index (Phi) is 3.39. The van der Waals surface area contributed by atoms with E-state index < -0.39 is 0 Å². The lowest BCUT2D eigenvalue weighted by molar-refractivity contribution is 0.331. The fraction of sp³-hybridized carbons (Fsp3) is 0.133. The van der Waals surface area contributed by atoms with Crippen molar-refractivity contribution in [2.45, 2.75) is 0 Å². The minimum absolute atomic E-state index is 0.189. The summed E-state index contributed by atoms with van der Waals surface area (Å²) in [7, 11) is 1.57. The Labute approximate surface area is 121 Å². The molecule has 1 N–H and O–H groups in total. The van der Waals surface area contributed by atoms with Crippen LogP contribution in [0.2, 0.25) is 0 Å². The quantitative estimate of drug-likeness (QED) is 0.740. The molecule has 2 heterocycles. The molecule has 0 saturated heterocycles. The number of H-pyrrole nitrogens is 1. The van der Waals surface area contributed by atoms with Gasteiger partial charge in [-0.25, -0.2) is 15.0 Å². The molecular formula is C15H12N4O2. The standard InChI is InChI=1S/C15H12N4O2/c1-3-8-21-11-5-4-10(9-12(11)20-2)13-18-14-15(19-13)17-7-6-16-14/h1,4-7,9H,8H2,2H3,(H,16,17,18,19). The van der Waals surface area contributed by atoms with Crippen LogP contribution in [0.4, 0.5) is 0 Å². The Balaban J connectivity index is 2.00. The zero-order valence-corrected chi connectivity index (χ0v) is 11.3. The molecule has 104 valence electrons. The van der Waals surface area contributed by atoms with E-state index in [9.17, 15) is 0 Å². The molecule has 0 spiro atoms. The average Bonchev–Trinajstić information content (AvgIpc) is 2.96. The molecule has 0 radical (unpaired) electrons. The number of terminal acetylenes is 1. The van der Waals surface area contributed by atoms with Crippen LogP contribution in [0.5, 0.6) is 11.5 Å². The predicted molar refractivity (Wildman–Crippen MR) is 78.0 cm³/mol. The largest absolute Gasteiger partial charge is 0.493 e. The van der Waals surface area contributed by atoms with E-state index in [0.717, 1.165) is 5.56 Å². The van der Waals surface area contributed by atoms with Gasteiger partial charge in [0, 0.05) is 18.0 Å². The van der Waals surface area contributed by atoms with Crippen LogP contribution in [0.3, 0.4) is 0 Å². The van der Waals surface area contributed by atoms with Crippen LogP contribution in [0.25, 0.3) is 22.7 Å². The van der Waals surface area contributed by atoms with Gasteiger partial charge in [-0.3, -0.25) is 0 Å². The maximum atomic E-state index is 5.41. The number of aromatic amines is 1. The molecule has 0 bridgehead atoms. The fourth-order valence-corrected chi connectivity index (χ4v) is 1.94. The number of hydrogen-bond donors (Lipinski definition) is 1. The lowest BCUT2D eigenvalue weighted by Crippen LogP contribution is -1.97. The summed E-state index contributed by atoms with van der Waals surface area (Å²) in [5.41, 5.74) is 2.05. The molecular weight excluding hydrogens is 268 g/mol. The molecule has 21 heavy (non-hydrogen) atoms. The Morgan fingerprint density at radius 2 is 2.10 bits per heavy atom. The number of nitrogens with one attached hydrogen (secondary N) is 1. The van der Waals surface area contributed by atoms with Gasteiger partial charge in [-0.05, 0) is 18.2 Å². The van der Waals surface area contributed by atoms with Gasteiger partial charge in [0.05, 0.1) is 7.11 Å². The number of hydrogen-bond acceptors (Lipinski definition) is 5. The van der Waals surface area contributed by atoms with Gasteiger partial charge >= 0.3 is 0 Å². The summed E-state index contributed by atoms with van der Waals surface area (Å²) in [6, 6.07) is 5.48. The number of benzene rings is 1. The van der Waals surface area contributed by atoms with E-state index in [-0.39, 0.29) is 6.61 Å². The minimum atomic E-state index is 0.189. The third kappa shape index (κ3) is 2.49. The van der Waals surface area contributed by atoms with Gasteiger partial charge in [0.15, 0.2) is 22.8 Å². The van der Waals surface area contributed by atoms with Gasteiger partial charge in [-0.2, -0.15) is 0 Å². The first kappa shape index (κ1) is 12.9. The molecule has 0 aliphatic carbocycles. The van der Waals surface area contributed by atoms with Crippen LogP contribution < -0.4 is 9.47 Å². The molecule has 0 aliphatic heterocycles. The number of imidazole rings is 1. The van der Waals surface area contributed by atoms with E-state index in [2.05, 4.69) is 25.9 Å². The van der Waals surface area contributed by atoms with Gasteiger partial charge in [-0.1, -0.05) is 5.92 Å². The van der Waals surface area contributed by atoms with E-state index in [1.807, 2.05) is 12.1 Å². The van der Waals surface area contributed by atoms with Crippen molar-refractivity contribution in [3.8, 4) is 35.2 Å². The lowest BCUT2D eigenvalue weighted by atomic mass is 10.2. The Bertz CT molecular complexity index is 787.